The average Bonchev–Trinajstić information content (AvgIpc) is 2.43. The Morgan fingerprint density at radius 2 is 2.00 bits per heavy atom. The number of hydrogen-bond donors (Lipinski definition) is 2. The van der Waals surface area contributed by atoms with E-state index in [4.69, 9.17) is 10.1 Å². The number of hydrazine groups is 2. The fourth-order valence-corrected chi connectivity index (χ4v) is 0.136. The van der Waals surface area contributed by atoms with Crippen molar-refractivity contribution < 1.29 is 9.66 Å². The Hall–Kier alpha value is -1.70. The molecule has 8 nitrogen and oxygen atoms in total. The SMILES string of the molecule is NN[N+](=O)[O-].c1cnon1. The second kappa shape index (κ2) is 5.44. The van der Waals surface area contributed by atoms with Crippen LogP contribution in [0.5, 0.6) is 0 Å². The van der Waals surface area contributed by atoms with Gasteiger partial charge in [-0.3, -0.25) is 0 Å². The van der Waals surface area contributed by atoms with Gasteiger partial charge in [0.05, 0.1) is 12.4 Å². The third-order valence-electron chi connectivity index (χ3n) is 0.388. The Kier molecular flexibility index (Phi) is 4.51. The summed E-state index contributed by atoms with van der Waals surface area (Å²) in [5.74, 6) is 4.22. The third kappa shape index (κ3) is 6.30. The quantitative estimate of drug-likeness (QED) is 0.288. The number of nitrogens with zero attached hydrogens (tertiary/aromatic N) is 3. The van der Waals surface area contributed by atoms with Gasteiger partial charge in [0.1, 0.15) is 0 Å². The Morgan fingerprint density at radius 1 is 1.60 bits per heavy atom. The summed E-state index contributed by atoms with van der Waals surface area (Å²) in [5, 5.41) is 14.6. The predicted octanol–water partition coefficient (Wildman–Crippen LogP) is -1.29. The van der Waals surface area contributed by atoms with Gasteiger partial charge >= 0.3 is 0 Å². The van der Waals surface area contributed by atoms with Crippen LogP contribution in [0.4, 0.5) is 0 Å². The molecule has 1 aromatic rings. The Morgan fingerprint density at radius 3 is 2.10 bits per heavy atom. The van der Waals surface area contributed by atoms with Gasteiger partial charge < -0.3 is 0 Å². The first kappa shape index (κ1) is 8.30. The van der Waals surface area contributed by atoms with E-state index >= 15 is 0 Å². The van der Waals surface area contributed by atoms with Crippen LogP contribution in [0, 0.1) is 10.1 Å². The van der Waals surface area contributed by atoms with E-state index in [-0.39, 0.29) is 0 Å². The van der Waals surface area contributed by atoms with Crippen LogP contribution in [-0.2, 0) is 0 Å². The lowest BCUT2D eigenvalue weighted by Crippen LogP contribution is -2.28. The second-order valence-electron chi connectivity index (χ2n) is 0.977. The van der Waals surface area contributed by atoms with Crippen LogP contribution < -0.4 is 11.4 Å². The highest BCUT2D eigenvalue weighted by molar-refractivity contribution is 4.51. The lowest BCUT2D eigenvalue weighted by molar-refractivity contribution is -0.546. The normalized spacial score (nSPS) is 7.30. The van der Waals surface area contributed by atoms with Crippen molar-refractivity contribution in [2.24, 2.45) is 5.84 Å². The van der Waals surface area contributed by atoms with Crippen molar-refractivity contribution in [2.75, 3.05) is 0 Å². The van der Waals surface area contributed by atoms with Gasteiger partial charge in [-0.2, -0.15) is 5.84 Å². The molecule has 0 radical (unpaired) electrons. The Bertz CT molecular complexity index is 144. The molecule has 0 saturated carbocycles. The summed E-state index contributed by atoms with van der Waals surface area (Å²) >= 11 is 0. The second-order valence-corrected chi connectivity index (χ2v) is 0.977. The maximum Gasteiger partial charge on any atom is 0.173 e. The molecule has 1 heterocycles. The first-order valence-electron chi connectivity index (χ1n) is 2.09. The summed E-state index contributed by atoms with van der Waals surface area (Å²) in [4.78, 5) is 8.94. The fraction of sp³-hybridized carbons (Fsp3) is 0. The minimum atomic E-state index is -0.847. The molecule has 0 amide bonds. The Labute approximate surface area is 55.1 Å². The van der Waals surface area contributed by atoms with Crippen molar-refractivity contribution in [3.63, 3.8) is 0 Å². The number of hydrogen-bond acceptors (Lipinski definition) is 6. The van der Waals surface area contributed by atoms with Crippen LogP contribution >= 0.6 is 0 Å². The molecule has 10 heavy (non-hydrogen) atoms. The average molecular weight is 147 g/mol. The number of nitrogens with one attached hydrogen (secondary N) is 1. The molecule has 0 saturated heterocycles. The lowest BCUT2D eigenvalue weighted by Gasteiger charge is -1.76. The van der Waals surface area contributed by atoms with Gasteiger partial charge in [0.15, 0.2) is 5.03 Å². The molecule has 56 valence electrons. The molecular weight excluding hydrogens is 142 g/mol. The predicted molar refractivity (Wildman–Crippen MR) is 28.6 cm³/mol. The van der Waals surface area contributed by atoms with Gasteiger partial charge in [0.2, 0.25) is 0 Å². The summed E-state index contributed by atoms with van der Waals surface area (Å²) < 4.78 is 4.08. The molecule has 0 atom stereocenters. The molecule has 0 unspecified atom stereocenters. The summed E-state index contributed by atoms with van der Waals surface area (Å²) in [6, 6.07) is 0. The summed E-state index contributed by atoms with van der Waals surface area (Å²) in [5.41, 5.74) is 1.25. The smallest absolute Gasteiger partial charge is 0.173 e. The first-order chi connectivity index (χ1) is 4.77. The molecule has 0 aliphatic carbocycles. The van der Waals surface area contributed by atoms with E-state index in [9.17, 15) is 0 Å². The van der Waals surface area contributed by atoms with Crippen LogP contribution in [0.1, 0.15) is 0 Å². The molecular formula is C2H5N5O3. The highest BCUT2D eigenvalue weighted by Gasteiger charge is 1.73. The van der Waals surface area contributed by atoms with Crippen LogP contribution in [0.15, 0.2) is 17.0 Å². The molecule has 1 rings (SSSR count). The van der Waals surface area contributed by atoms with Crippen molar-refractivity contribution in [2.45, 2.75) is 0 Å². The third-order valence-corrected chi connectivity index (χ3v) is 0.388. The molecule has 0 bridgehead atoms. The largest absolute Gasteiger partial charge is 0.245 e. The number of aromatic nitrogens is 2. The van der Waals surface area contributed by atoms with Crippen molar-refractivity contribution in [1.82, 2.24) is 15.8 Å². The van der Waals surface area contributed by atoms with Gasteiger partial charge in [0.25, 0.3) is 0 Å². The van der Waals surface area contributed by atoms with E-state index in [1.807, 2.05) is 0 Å². The van der Waals surface area contributed by atoms with Crippen LogP contribution in [0.25, 0.3) is 0 Å². The monoisotopic (exact) mass is 147 g/mol. The van der Waals surface area contributed by atoms with Crippen LogP contribution in [0.3, 0.4) is 0 Å². The molecule has 0 spiro atoms. The summed E-state index contributed by atoms with van der Waals surface area (Å²) in [6.07, 6.45) is 2.94. The van der Waals surface area contributed by atoms with Crippen molar-refractivity contribution in [3.8, 4) is 0 Å². The molecule has 3 N–H and O–H groups in total. The topological polar surface area (TPSA) is 120 Å². The van der Waals surface area contributed by atoms with E-state index in [1.165, 1.54) is 17.9 Å². The minimum Gasteiger partial charge on any atom is -0.245 e. The molecule has 0 fully saturated rings. The number of rotatable bonds is 1. The Balaban J connectivity index is 0.000000162. The van der Waals surface area contributed by atoms with Gasteiger partial charge in [0, 0.05) is 0 Å². The maximum absolute atomic E-state index is 8.94. The van der Waals surface area contributed by atoms with Crippen molar-refractivity contribution >= 4 is 0 Å². The number of nitrogens with two attached hydrogens (primary N) is 1. The maximum atomic E-state index is 8.94. The fourth-order valence-electron chi connectivity index (χ4n) is 0.136. The molecule has 0 aliphatic heterocycles. The first-order valence-corrected chi connectivity index (χ1v) is 2.09. The summed E-state index contributed by atoms with van der Waals surface area (Å²) in [6.45, 7) is 0. The van der Waals surface area contributed by atoms with Gasteiger partial charge in [-0.15, -0.1) is 0 Å². The van der Waals surface area contributed by atoms with E-state index in [2.05, 4.69) is 20.8 Å². The van der Waals surface area contributed by atoms with E-state index in [0.717, 1.165) is 0 Å². The number of nitro groups is 1. The standard InChI is InChI=1S/C2H2N2O.H3N3O2/c1-2-4-5-3-1;1-2-3(4)5/h1-2H;2H,1H2. The van der Waals surface area contributed by atoms with E-state index < -0.39 is 5.03 Å². The van der Waals surface area contributed by atoms with Crippen molar-refractivity contribution in [3.05, 3.63) is 22.5 Å². The highest BCUT2D eigenvalue weighted by Crippen LogP contribution is 1.62. The zero-order valence-electron chi connectivity index (χ0n) is 4.80. The molecule has 1 aromatic heterocycles. The van der Waals surface area contributed by atoms with E-state index in [0.29, 0.717) is 0 Å². The van der Waals surface area contributed by atoms with Gasteiger partial charge in [-0.1, -0.05) is 15.8 Å². The van der Waals surface area contributed by atoms with Gasteiger partial charge in [-0.05, 0) is 0 Å². The van der Waals surface area contributed by atoms with Gasteiger partial charge in [-0.25, -0.2) is 14.7 Å². The van der Waals surface area contributed by atoms with Crippen molar-refractivity contribution in [1.29, 1.82) is 0 Å². The summed E-state index contributed by atoms with van der Waals surface area (Å²) in [7, 11) is 0. The van der Waals surface area contributed by atoms with Crippen LogP contribution in [-0.4, -0.2) is 15.3 Å². The van der Waals surface area contributed by atoms with Crippen LogP contribution in [0.2, 0.25) is 0 Å². The zero-order valence-corrected chi connectivity index (χ0v) is 4.80. The minimum absolute atomic E-state index is 0.847. The molecule has 0 aromatic carbocycles. The lowest BCUT2D eigenvalue weighted by atomic mass is 11.0. The van der Waals surface area contributed by atoms with E-state index in [1.54, 1.807) is 0 Å². The molecule has 8 heteroatoms. The highest BCUT2D eigenvalue weighted by atomic mass is 16.7. The zero-order chi connectivity index (χ0) is 7.82. The molecule has 0 aliphatic rings.